The molecule has 4 nitrogen and oxygen atoms in total. The number of hydrogen-bond donors (Lipinski definition) is 2. The van der Waals surface area contributed by atoms with Crippen LogP contribution in [0.1, 0.15) is 11.1 Å². The molecule has 1 fully saturated rings. The van der Waals surface area contributed by atoms with Crippen LogP contribution in [0.15, 0.2) is 60.7 Å². The fourth-order valence-electron chi connectivity index (χ4n) is 2.97. The monoisotopic (exact) mass is 337 g/mol. The van der Waals surface area contributed by atoms with Crippen molar-refractivity contribution in [2.45, 2.75) is 0 Å². The van der Waals surface area contributed by atoms with Gasteiger partial charge in [0.1, 0.15) is 13.1 Å². The van der Waals surface area contributed by atoms with Gasteiger partial charge < -0.3 is 15.0 Å². The third-order valence-corrected chi connectivity index (χ3v) is 4.40. The SMILES string of the molecule is O=C(NCC[NH+]1CCOCC1)/C(=C/c1ccccc1)c1ccccc1. The van der Waals surface area contributed by atoms with Crippen LogP contribution in [0, 0.1) is 0 Å². The molecule has 0 aliphatic carbocycles. The van der Waals surface area contributed by atoms with Crippen molar-refractivity contribution < 1.29 is 14.4 Å². The molecule has 1 heterocycles. The van der Waals surface area contributed by atoms with E-state index in [0.717, 1.165) is 44.0 Å². The maximum absolute atomic E-state index is 12.8. The van der Waals surface area contributed by atoms with Gasteiger partial charge in [-0.1, -0.05) is 60.7 Å². The smallest absolute Gasteiger partial charge is 0.252 e. The van der Waals surface area contributed by atoms with Crippen molar-refractivity contribution in [2.75, 3.05) is 39.4 Å². The predicted molar refractivity (Wildman–Crippen MR) is 100 cm³/mol. The fraction of sp³-hybridized carbons (Fsp3) is 0.286. The zero-order valence-corrected chi connectivity index (χ0v) is 14.4. The second kappa shape index (κ2) is 9.16. The maximum Gasteiger partial charge on any atom is 0.252 e. The second-order valence-electron chi connectivity index (χ2n) is 6.20. The summed E-state index contributed by atoms with van der Waals surface area (Å²) in [5.74, 6) is -0.0253. The summed E-state index contributed by atoms with van der Waals surface area (Å²) in [5, 5.41) is 3.08. The van der Waals surface area contributed by atoms with Gasteiger partial charge in [0.05, 0.1) is 26.3 Å². The number of nitrogens with one attached hydrogen (secondary N) is 2. The summed E-state index contributed by atoms with van der Waals surface area (Å²) in [4.78, 5) is 14.3. The highest BCUT2D eigenvalue weighted by Crippen LogP contribution is 2.18. The molecule has 0 spiro atoms. The van der Waals surface area contributed by atoms with Crippen LogP contribution in [0.3, 0.4) is 0 Å². The van der Waals surface area contributed by atoms with E-state index in [-0.39, 0.29) is 5.91 Å². The minimum absolute atomic E-state index is 0.0253. The van der Waals surface area contributed by atoms with Gasteiger partial charge in [0.15, 0.2) is 0 Å². The van der Waals surface area contributed by atoms with Crippen molar-refractivity contribution in [2.24, 2.45) is 0 Å². The van der Waals surface area contributed by atoms with Crippen LogP contribution in [-0.2, 0) is 9.53 Å². The van der Waals surface area contributed by atoms with Gasteiger partial charge in [-0.15, -0.1) is 0 Å². The first-order valence-electron chi connectivity index (χ1n) is 8.84. The Hall–Kier alpha value is -2.43. The molecule has 0 saturated carbocycles. The minimum atomic E-state index is -0.0253. The lowest BCUT2D eigenvalue weighted by Gasteiger charge is -2.23. The van der Waals surface area contributed by atoms with E-state index >= 15 is 0 Å². The van der Waals surface area contributed by atoms with E-state index in [4.69, 9.17) is 4.74 Å². The Morgan fingerprint density at radius 1 is 1.00 bits per heavy atom. The van der Waals surface area contributed by atoms with Gasteiger partial charge in [-0.05, 0) is 17.2 Å². The lowest BCUT2D eigenvalue weighted by Crippen LogP contribution is -3.14. The van der Waals surface area contributed by atoms with Crippen LogP contribution in [0.2, 0.25) is 0 Å². The van der Waals surface area contributed by atoms with E-state index in [9.17, 15) is 4.79 Å². The average molecular weight is 337 g/mol. The molecule has 1 aliphatic heterocycles. The first-order valence-corrected chi connectivity index (χ1v) is 8.84. The number of ether oxygens (including phenoxy) is 1. The van der Waals surface area contributed by atoms with E-state index in [0.29, 0.717) is 12.1 Å². The van der Waals surface area contributed by atoms with Crippen LogP contribution >= 0.6 is 0 Å². The highest BCUT2D eigenvalue weighted by Gasteiger charge is 2.15. The lowest BCUT2D eigenvalue weighted by molar-refractivity contribution is -0.906. The van der Waals surface area contributed by atoms with E-state index in [1.165, 1.54) is 4.90 Å². The zero-order chi connectivity index (χ0) is 17.3. The molecule has 130 valence electrons. The predicted octanol–water partition coefficient (Wildman–Crippen LogP) is 1.26. The third-order valence-electron chi connectivity index (χ3n) is 4.40. The zero-order valence-electron chi connectivity index (χ0n) is 14.4. The number of amides is 1. The largest absolute Gasteiger partial charge is 0.370 e. The summed E-state index contributed by atoms with van der Waals surface area (Å²) in [6.45, 7) is 5.26. The molecule has 1 aliphatic rings. The van der Waals surface area contributed by atoms with Gasteiger partial charge in [-0.25, -0.2) is 0 Å². The molecule has 3 rings (SSSR count). The average Bonchev–Trinajstić information content (AvgIpc) is 2.68. The van der Waals surface area contributed by atoms with Crippen LogP contribution < -0.4 is 10.2 Å². The molecule has 0 radical (unpaired) electrons. The highest BCUT2D eigenvalue weighted by molar-refractivity contribution is 6.24. The van der Waals surface area contributed by atoms with Crippen LogP contribution in [0.5, 0.6) is 0 Å². The summed E-state index contributed by atoms with van der Waals surface area (Å²) in [6.07, 6.45) is 1.95. The van der Waals surface area contributed by atoms with Crippen LogP contribution in [-0.4, -0.2) is 45.3 Å². The number of morpholine rings is 1. The van der Waals surface area contributed by atoms with E-state index in [1.54, 1.807) is 0 Å². The Morgan fingerprint density at radius 2 is 1.64 bits per heavy atom. The normalized spacial score (nSPS) is 15.8. The first kappa shape index (κ1) is 17.4. The molecular formula is C21H25N2O2+. The number of carbonyl (C=O) groups excluding carboxylic acids is 1. The number of quaternary nitrogens is 1. The Labute approximate surface area is 149 Å². The second-order valence-corrected chi connectivity index (χ2v) is 6.20. The Bertz CT molecular complexity index is 692. The molecule has 2 aromatic rings. The Morgan fingerprint density at radius 3 is 2.32 bits per heavy atom. The third kappa shape index (κ3) is 5.28. The molecule has 0 atom stereocenters. The van der Waals surface area contributed by atoms with Gasteiger partial charge in [-0.2, -0.15) is 0 Å². The van der Waals surface area contributed by atoms with Gasteiger partial charge >= 0.3 is 0 Å². The molecule has 1 saturated heterocycles. The van der Waals surface area contributed by atoms with Gasteiger partial charge in [0.25, 0.3) is 5.91 Å². The van der Waals surface area contributed by atoms with Gasteiger partial charge in [-0.3, -0.25) is 4.79 Å². The Kier molecular flexibility index (Phi) is 6.37. The van der Waals surface area contributed by atoms with Crippen molar-refractivity contribution in [3.8, 4) is 0 Å². The lowest BCUT2D eigenvalue weighted by atomic mass is 10.0. The van der Waals surface area contributed by atoms with Gasteiger partial charge in [0, 0.05) is 5.57 Å². The summed E-state index contributed by atoms with van der Waals surface area (Å²) >= 11 is 0. The summed E-state index contributed by atoms with van der Waals surface area (Å²) in [5.41, 5.74) is 2.65. The molecule has 25 heavy (non-hydrogen) atoms. The summed E-state index contributed by atoms with van der Waals surface area (Å²) in [7, 11) is 0. The molecule has 2 aromatic carbocycles. The molecule has 0 aromatic heterocycles. The molecule has 0 unspecified atom stereocenters. The molecule has 0 bridgehead atoms. The van der Waals surface area contributed by atoms with Crippen LogP contribution in [0.25, 0.3) is 11.6 Å². The summed E-state index contributed by atoms with van der Waals surface area (Å²) < 4.78 is 5.37. The van der Waals surface area contributed by atoms with E-state index in [1.807, 2.05) is 66.7 Å². The molecule has 4 heteroatoms. The molecular weight excluding hydrogens is 312 g/mol. The highest BCUT2D eigenvalue weighted by atomic mass is 16.5. The van der Waals surface area contributed by atoms with Crippen molar-refractivity contribution in [3.63, 3.8) is 0 Å². The number of rotatable bonds is 6. The molecule has 2 N–H and O–H groups in total. The van der Waals surface area contributed by atoms with Crippen LogP contribution in [0.4, 0.5) is 0 Å². The number of hydrogen-bond acceptors (Lipinski definition) is 2. The first-order chi connectivity index (χ1) is 12.3. The van der Waals surface area contributed by atoms with Crippen molar-refractivity contribution in [3.05, 3.63) is 71.8 Å². The van der Waals surface area contributed by atoms with E-state index < -0.39 is 0 Å². The Balaban J connectivity index is 1.68. The quantitative estimate of drug-likeness (QED) is 0.616. The van der Waals surface area contributed by atoms with Gasteiger partial charge in [0.2, 0.25) is 0 Å². The van der Waals surface area contributed by atoms with Crippen molar-refractivity contribution in [1.82, 2.24) is 5.32 Å². The topological polar surface area (TPSA) is 42.8 Å². The van der Waals surface area contributed by atoms with Crippen molar-refractivity contribution in [1.29, 1.82) is 0 Å². The minimum Gasteiger partial charge on any atom is -0.370 e. The number of benzene rings is 2. The summed E-state index contributed by atoms with van der Waals surface area (Å²) in [6, 6.07) is 19.8. The molecule has 1 amide bonds. The fourth-order valence-corrected chi connectivity index (χ4v) is 2.97. The maximum atomic E-state index is 12.8. The van der Waals surface area contributed by atoms with E-state index in [2.05, 4.69) is 5.32 Å². The van der Waals surface area contributed by atoms with Crippen molar-refractivity contribution >= 4 is 17.6 Å². The standard InChI is InChI=1S/C21H24N2O2/c24-21(22-11-12-23-13-15-25-16-14-23)20(19-9-5-2-6-10-19)17-18-7-3-1-4-8-18/h1-10,17H,11-16H2,(H,22,24)/p+1/b20-17+. The number of carbonyl (C=O) groups is 1.